The second-order valence-corrected chi connectivity index (χ2v) is 5.13. The highest BCUT2D eigenvalue weighted by molar-refractivity contribution is 6.01. The molecule has 6 nitrogen and oxygen atoms in total. The molecule has 1 aromatic carbocycles. The summed E-state index contributed by atoms with van der Waals surface area (Å²) in [5, 5.41) is 4.85. The van der Waals surface area contributed by atoms with Gasteiger partial charge in [-0.15, -0.1) is 0 Å². The first kappa shape index (κ1) is 15.2. The maximum atomic E-state index is 11.8. The normalized spacial score (nSPS) is 19.8. The molecule has 1 fully saturated rings. The highest BCUT2D eigenvalue weighted by atomic mass is 16.2. The third kappa shape index (κ3) is 4.39. The van der Waals surface area contributed by atoms with Crippen LogP contribution >= 0.6 is 0 Å². The van der Waals surface area contributed by atoms with E-state index in [0.29, 0.717) is 12.8 Å². The minimum Gasteiger partial charge on any atom is -0.344 e. The molecule has 2 rings (SSSR count). The summed E-state index contributed by atoms with van der Waals surface area (Å²) in [6.07, 6.45) is 1.35. The summed E-state index contributed by atoms with van der Waals surface area (Å²) in [6, 6.07) is 8.72. The zero-order valence-corrected chi connectivity index (χ0v) is 11.7. The van der Waals surface area contributed by atoms with Gasteiger partial charge in [-0.2, -0.15) is 0 Å². The number of carbonyl (C=O) groups excluding carboxylic acids is 3. The van der Waals surface area contributed by atoms with E-state index < -0.39 is 11.9 Å². The quantitative estimate of drug-likeness (QED) is 0.682. The average Bonchev–Trinajstić information content (AvgIpc) is 2.48. The topological polar surface area (TPSA) is 101 Å². The van der Waals surface area contributed by atoms with Gasteiger partial charge in [0.25, 0.3) is 0 Å². The average molecular weight is 289 g/mol. The fourth-order valence-electron chi connectivity index (χ4n) is 2.25. The molecule has 1 aliphatic heterocycles. The third-order valence-corrected chi connectivity index (χ3v) is 3.48. The molecule has 2 unspecified atom stereocenters. The van der Waals surface area contributed by atoms with Crippen LogP contribution in [0.25, 0.3) is 0 Å². The van der Waals surface area contributed by atoms with E-state index in [2.05, 4.69) is 10.6 Å². The summed E-state index contributed by atoms with van der Waals surface area (Å²) >= 11 is 0. The van der Waals surface area contributed by atoms with Crippen LogP contribution in [-0.4, -0.2) is 23.8 Å². The van der Waals surface area contributed by atoms with Gasteiger partial charge in [0.2, 0.25) is 17.7 Å². The summed E-state index contributed by atoms with van der Waals surface area (Å²) in [4.78, 5) is 34.4. The summed E-state index contributed by atoms with van der Waals surface area (Å²) in [5.41, 5.74) is 7.00. The van der Waals surface area contributed by atoms with Crippen molar-refractivity contribution in [1.82, 2.24) is 10.6 Å². The number of imide groups is 1. The van der Waals surface area contributed by atoms with Crippen molar-refractivity contribution in [3.8, 4) is 0 Å². The highest BCUT2D eigenvalue weighted by Gasteiger charge is 2.27. The van der Waals surface area contributed by atoms with E-state index in [1.807, 2.05) is 30.3 Å². The van der Waals surface area contributed by atoms with Crippen LogP contribution in [-0.2, 0) is 14.4 Å². The Balaban J connectivity index is 1.77. The first-order valence-corrected chi connectivity index (χ1v) is 7.00. The molecule has 0 aliphatic carbocycles. The maximum Gasteiger partial charge on any atom is 0.249 e. The minimum atomic E-state index is -0.622. The Kier molecular flexibility index (Phi) is 5.05. The lowest BCUT2D eigenvalue weighted by Gasteiger charge is -2.22. The van der Waals surface area contributed by atoms with Crippen LogP contribution in [0.2, 0.25) is 0 Å². The first-order valence-electron chi connectivity index (χ1n) is 7.00. The second kappa shape index (κ2) is 6.99. The first-order chi connectivity index (χ1) is 10.1. The largest absolute Gasteiger partial charge is 0.344 e. The number of nitrogens with two attached hydrogens (primary N) is 1. The molecule has 21 heavy (non-hydrogen) atoms. The van der Waals surface area contributed by atoms with Gasteiger partial charge in [0, 0.05) is 18.9 Å². The molecule has 1 saturated heterocycles. The number of nitrogens with one attached hydrogen (secondary N) is 2. The zero-order valence-electron chi connectivity index (χ0n) is 11.7. The van der Waals surface area contributed by atoms with Crippen molar-refractivity contribution < 1.29 is 14.4 Å². The van der Waals surface area contributed by atoms with Gasteiger partial charge in [-0.1, -0.05) is 30.3 Å². The number of piperidine rings is 1. The molecule has 4 N–H and O–H groups in total. The molecule has 1 aliphatic rings. The lowest BCUT2D eigenvalue weighted by atomic mass is 10.0. The molecule has 1 aromatic rings. The Labute approximate surface area is 123 Å². The van der Waals surface area contributed by atoms with E-state index in [4.69, 9.17) is 5.73 Å². The molecule has 1 heterocycles. The van der Waals surface area contributed by atoms with Crippen molar-refractivity contribution in [2.75, 3.05) is 0 Å². The van der Waals surface area contributed by atoms with Crippen LogP contribution in [0.1, 0.15) is 37.3 Å². The Morgan fingerprint density at radius 3 is 2.71 bits per heavy atom. The summed E-state index contributed by atoms with van der Waals surface area (Å²) < 4.78 is 0. The van der Waals surface area contributed by atoms with Crippen LogP contribution in [0.15, 0.2) is 30.3 Å². The molecular weight excluding hydrogens is 270 g/mol. The Bertz CT molecular complexity index is 530. The van der Waals surface area contributed by atoms with E-state index in [1.165, 1.54) is 0 Å². The smallest absolute Gasteiger partial charge is 0.249 e. The number of rotatable bonds is 5. The molecule has 2 atom stereocenters. The molecule has 112 valence electrons. The fourth-order valence-corrected chi connectivity index (χ4v) is 2.25. The summed E-state index contributed by atoms with van der Waals surface area (Å²) in [5.74, 6) is -0.959. The molecule has 0 spiro atoms. The van der Waals surface area contributed by atoms with Gasteiger partial charge in [0.05, 0.1) is 0 Å². The van der Waals surface area contributed by atoms with Crippen LogP contribution in [0.3, 0.4) is 0 Å². The van der Waals surface area contributed by atoms with E-state index >= 15 is 0 Å². The predicted molar refractivity (Wildman–Crippen MR) is 76.9 cm³/mol. The van der Waals surface area contributed by atoms with E-state index in [9.17, 15) is 14.4 Å². The fraction of sp³-hybridized carbons (Fsp3) is 0.400. The second-order valence-electron chi connectivity index (χ2n) is 5.13. The van der Waals surface area contributed by atoms with Crippen molar-refractivity contribution in [1.29, 1.82) is 0 Å². The zero-order chi connectivity index (χ0) is 15.2. The van der Waals surface area contributed by atoms with Gasteiger partial charge < -0.3 is 11.1 Å². The monoisotopic (exact) mass is 289 g/mol. The van der Waals surface area contributed by atoms with Crippen LogP contribution < -0.4 is 16.4 Å². The summed E-state index contributed by atoms with van der Waals surface area (Å²) in [6.45, 7) is 0. The molecule has 0 aromatic heterocycles. The Hall–Kier alpha value is -2.21. The lowest BCUT2D eigenvalue weighted by molar-refractivity contribution is -0.137. The summed E-state index contributed by atoms with van der Waals surface area (Å²) in [7, 11) is 0. The van der Waals surface area contributed by atoms with E-state index in [-0.39, 0.29) is 30.7 Å². The van der Waals surface area contributed by atoms with Crippen molar-refractivity contribution in [2.24, 2.45) is 5.73 Å². The number of amides is 3. The van der Waals surface area contributed by atoms with Crippen molar-refractivity contribution in [3.63, 3.8) is 0 Å². The SMILES string of the molecule is NC(CCC(=O)NC1CCC(=O)NC1=O)c1ccccc1. The molecule has 0 radical (unpaired) electrons. The number of hydrogen-bond donors (Lipinski definition) is 3. The van der Waals surface area contributed by atoms with Gasteiger partial charge in [0.15, 0.2) is 0 Å². The van der Waals surface area contributed by atoms with Crippen LogP contribution in [0.4, 0.5) is 0 Å². The predicted octanol–water partition coefficient (Wildman–Crippen LogP) is 0.388. The van der Waals surface area contributed by atoms with Gasteiger partial charge >= 0.3 is 0 Å². The number of benzene rings is 1. The van der Waals surface area contributed by atoms with E-state index in [1.54, 1.807) is 0 Å². The molecule has 0 bridgehead atoms. The standard InChI is InChI=1S/C15H19N3O3/c16-11(10-4-2-1-3-5-10)6-8-13(19)17-12-7-9-14(20)18-15(12)21/h1-5,11-12H,6-9,16H2,(H,17,19)(H,18,20,21). The van der Waals surface area contributed by atoms with Gasteiger partial charge in [-0.05, 0) is 18.4 Å². The minimum absolute atomic E-state index is 0.210. The molecular formula is C15H19N3O3. The highest BCUT2D eigenvalue weighted by Crippen LogP contribution is 2.15. The number of hydrogen-bond acceptors (Lipinski definition) is 4. The van der Waals surface area contributed by atoms with Crippen molar-refractivity contribution in [3.05, 3.63) is 35.9 Å². The number of carbonyl (C=O) groups is 3. The lowest BCUT2D eigenvalue weighted by Crippen LogP contribution is -2.52. The van der Waals surface area contributed by atoms with Crippen LogP contribution in [0, 0.1) is 0 Å². The molecule has 0 saturated carbocycles. The van der Waals surface area contributed by atoms with E-state index in [0.717, 1.165) is 5.56 Å². The Morgan fingerprint density at radius 1 is 1.33 bits per heavy atom. The Morgan fingerprint density at radius 2 is 2.05 bits per heavy atom. The third-order valence-electron chi connectivity index (χ3n) is 3.48. The maximum absolute atomic E-state index is 11.8. The van der Waals surface area contributed by atoms with Crippen molar-refractivity contribution in [2.45, 2.75) is 37.8 Å². The van der Waals surface area contributed by atoms with Gasteiger partial charge in [0.1, 0.15) is 6.04 Å². The molecule has 6 heteroatoms. The van der Waals surface area contributed by atoms with Crippen molar-refractivity contribution >= 4 is 17.7 Å². The molecule has 3 amide bonds. The van der Waals surface area contributed by atoms with Gasteiger partial charge in [-0.25, -0.2) is 0 Å². The van der Waals surface area contributed by atoms with Gasteiger partial charge in [-0.3, -0.25) is 19.7 Å². The van der Waals surface area contributed by atoms with Crippen LogP contribution in [0.5, 0.6) is 0 Å².